The van der Waals surface area contributed by atoms with Gasteiger partial charge < -0.3 is 25.4 Å². The summed E-state index contributed by atoms with van der Waals surface area (Å²) >= 11 is 0. The van der Waals surface area contributed by atoms with Gasteiger partial charge in [-0.15, -0.1) is 0 Å². The molecule has 8 heteroatoms. The van der Waals surface area contributed by atoms with Crippen LogP contribution < -0.4 is 20.9 Å². The van der Waals surface area contributed by atoms with Crippen molar-refractivity contribution in [1.29, 1.82) is 0 Å². The maximum Gasteiger partial charge on any atom is 0.414 e. The Labute approximate surface area is 190 Å². The molecule has 0 spiro atoms. The van der Waals surface area contributed by atoms with Gasteiger partial charge in [-0.25, -0.2) is 4.79 Å². The van der Waals surface area contributed by atoms with E-state index in [9.17, 15) is 9.59 Å². The van der Waals surface area contributed by atoms with E-state index in [1.54, 1.807) is 4.90 Å². The Morgan fingerprint density at radius 1 is 1.25 bits per heavy atom. The van der Waals surface area contributed by atoms with Gasteiger partial charge in [-0.2, -0.15) is 0 Å². The summed E-state index contributed by atoms with van der Waals surface area (Å²) in [7, 11) is 0. The Hall–Kier alpha value is -2.16. The first-order valence-corrected chi connectivity index (χ1v) is 11.8. The first-order chi connectivity index (χ1) is 15.4. The fourth-order valence-corrected chi connectivity index (χ4v) is 4.40. The summed E-state index contributed by atoms with van der Waals surface area (Å²) in [4.78, 5) is 29.5. The molecule has 2 fully saturated rings. The summed E-state index contributed by atoms with van der Waals surface area (Å²) < 4.78 is 10.8. The van der Waals surface area contributed by atoms with Gasteiger partial charge in [0.05, 0.1) is 36.7 Å². The molecule has 32 heavy (non-hydrogen) atoms. The minimum atomic E-state index is -0.379. The zero-order valence-corrected chi connectivity index (χ0v) is 19.4. The first-order valence-electron chi connectivity index (χ1n) is 11.8. The van der Waals surface area contributed by atoms with E-state index >= 15 is 0 Å². The largest absolute Gasteiger partial charge is 0.446 e. The maximum absolute atomic E-state index is 13.1. The van der Waals surface area contributed by atoms with E-state index in [-0.39, 0.29) is 36.0 Å². The minimum Gasteiger partial charge on any atom is -0.446 e. The van der Waals surface area contributed by atoms with Crippen molar-refractivity contribution in [3.05, 3.63) is 23.8 Å². The molecule has 0 bridgehead atoms. The molecule has 4 rings (SSSR count). The molecule has 2 heterocycles. The molecule has 1 aromatic carbocycles. The molecule has 1 aromatic rings. The third kappa shape index (κ3) is 4.92. The first kappa shape index (κ1) is 23.0. The third-order valence-corrected chi connectivity index (χ3v) is 6.45. The topological polar surface area (TPSA) is 97.1 Å². The SMILES string of the molecule is CC(C)OC(=O)N1C[C@H](C)N(C(=O)C2CC2)c2ccc(C(CN)CNCC3COC3)cc21. The van der Waals surface area contributed by atoms with E-state index in [0.717, 1.165) is 56.1 Å². The lowest BCUT2D eigenvalue weighted by molar-refractivity contribution is -0.120. The summed E-state index contributed by atoms with van der Waals surface area (Å²) in [5, 5.41) is 3.50. The molecule has 8 nitrogen and oxygen atoms in total. The number of nitrogens with zero attached hydrogens (tertiary/aromatic N) is 2. The van der Waals surface area contributed by atoms with E-state index in [1.165, 1.54) is 0 Å². The maximum atomic E-state index is 13.1. The Morgan fingerprint density at radius 3 is 2.59 bits per heavy atom. The van der Waals surface area contributed by atoms with Crippen LogP contribution >= 0.6 is 0 Å². The number of nitrogens with two attached hydrogens (primary N) is 1. The molecule has 176 valence electrons. The molecule has 0 radical (unpaired) electrons. The van der Waals surface area contributed by atoms with Crippen molar-refractivity contribution in [3.63, 3.8) is 0 Å². The number of hydrogen-bond donors (Lipinski definition) is 2. The number of fused-ring (bicyclic) bond motifs is 1. The number of ether oxygens (including phenoxy) is 2. The lowest BCUT2D eigenvalue weighted by Crippen LogP contribution is -2.52. The van der Waals surface area contributed by atoms with Crippen molar-refractivity contribution in [1.82, 2.24) is 5.32 Å². The highest BCUT2D eigenvalue weighted by Gasteiger charge is 2.41. The zero-order valence-electron chi connectivity index (χ0n) is 19.4. The number of anilines is 2. The lowest BCUT2D eigenvalue weighted by atomic mass is 9.95. The summed E-state index contributed by atoms with van der Waals surface area (Å²) in [5.74, 6) is 0.941. The summed E-state index contributed by atoms with van der Waals surface area (Å²) in [6.45, 7) is 9.87. The molecule has 0 aromatic heterocycles. The van der Waals surface area contributed by atoms with Crippen LogP contribution in [0, 0.1) is 11.8 Å². The van der Waals surface area contributed by atoms with Gasteiger partial charge in [0.15, 0.2) is 0 Å². The second-order valence-corrected chi connectivity index (χ2v) is 9.62. The monoisotopic (exact) mass is 444 g/mol. The van der Waals surface area contributed by atoms with Crippen LogP contribution in [-0.4, -0.2) is 63.5 Å². The second-order valence-electron chi connectivity index (χ2n) is 9.62. The molecule has 2 aliphatic heterocycles. The average Bonchev–Trinajstić information content (AvgIpc) is 3.56. The van der Waals surface area contributed by atoms with Crippen LogP contribution in [0.1, 0.15) is 45.1 Å². The number of hydrogen-bond acceptors (Lipinski definition) is 6. The third-order valence-electron chi connectivity index (χ3n) is 6.45. The van der Waals surface area contributed by atoms with E-state index in [4.69, 9.17) is 15.2 Å². The molecule has 1 saturated heterocycles. The molecule has 3 N–H and O–H groups in total. The lowest BCUT2D eigenvalue weighted by Gasteiger charge is -2.41. The number of carbonyl (C=O) groups excluding carboxylic acids is 2. The normalized spacial score (nSPS) is 21.8. The predicted octanol–water partition coefficient (Wildman–Crippen LogP) is 2.46. The molecule has 1 aliphatic carbocycles. The minimum absolute atomic E-state index is 0.107. The summed E-state index contributed by atoms with van der Waals surface area (Å²) in [6.07, 6.45) is 1.30. The van der Waals surface area contributed by atoms with Gasteiger partial charge in [-0.1, -0.05) is 6.07 Å². The van der Waals surface area contributed by atoms with Gasteiger partial charge in [0.2, 0.25) is 5.91 Å². The van der Waals surface area contributed by atoms with Crippen LogP contribution in [0.15, 0.2) is 18.2 Å². The Balaban J connectivity index is 1.60. The van der Waals surface area contributed by atoms with E-state index in [2.05, 4.69) is 5.32 Å². The van der Waals surface area contributed by atoms with Gasteiger partial charge in [0.1, 0.15) is 0 Å². The molecule has 2 atom stereocenters. The Kier molecular flexibility index (Phi) is 7.02. The van der Waals surface area contributed by atoms with Gasteiger partial charge in [-0.3, -0.25) is 9.69 Å². The van der Waals surface area contributed by atoms with Gasteiger partial charge >= 0.3 is 6.09 Å². The smallest absolute Gasteiger partial charge is 0.414 e. The molecule has 2 amide bonds. The van der Waals surface area contributed by atoms with Crippen LogP contribution in [0.2, 0.25) is 0 Å². The number of rotatable bonds is 8. The number of amides is 2. The van der Waals surface area contributed by atoms with Crippen molar-refractivity contribution in [3.8, 4) is 0 Å². The molecule has 1 unspecified atom stereocenters. The fourth-order valence-electron chi connectivity index (χ4n) is 4.40. The van der Waals surface area contributed by atoms with E-state index in [0.29, 0.717) is 19.0 Å². The van der Waals surface area contributed by atoms with Crippen LogP contribution in [0.3, 0.4) is 0 Å². The van der Waals surface area contributed by atoms with Crippen molar-refractivity contribution >= 4 is 23.4 Å². The van der Waals surface area contributed by atoms with Crippen LogP contribution in [0.4, 0.5) is 16.2 Å². The Bertz CT molecular complexity index is 837. The highest BCUT2D eigenvalue weighted by Crippen LogP contribution is 2.41. The van der Waals surface area contributed by atoms with E-state index < -0.39 is 0 Å². The highest BCUT2D eigenvalue weighted by atomic mass is 16.6. The molecular formula is C24H36N4O4. The van der Waals surface area contributed by atoms with Crippen molar-refractivity contribution < 1.29 is 19.1 Å². The van der Waals surface area contributed by atoms with Gasteiger partial charge in [0.25, 0.3) is 0 Å². The molecule has 3 aliphatic rings. The average molecular weight is 445 g/mol. The van der Waals surface area contributed by atoms with Crippen LogP contribution in [-0.2, 0) is 14.3 Å². The second kappa shape index (κ2) is 9.77. The van der Waals surface area contributed by atoms with Gasteiger partial charge in [-0.05, 0) is 51.3 Å². The van der Waals surface area contributed by atoms with E-state index in [1.807, 2.05) is 43.9 Å². The number of carbonyl (C=O) groups is 2. The fraction of sp³-hybridized carbons (Fsp3) is 0.667. The number of nitrogens with one attached hydrogen (secondary N) is 1. The van der Waals surface area contributed by atoms with Crippen molar-refractivity contribution in [2.75, 3.05) is 49.2 Å². The molecular weight excluding hydrogens is 408 g/mol. The summed E-state index contributed by atoms with van der Waals surface area (Å²) in [6, 6.07) is 5.92. The van der Waals surface area contributed by atoms with Crippen LogP contribution in [0.5, 0.6) is 0 Å². The quantitative estimate of drug-likeness (QED) is 0.639. The Morgan fingerprint density at radius 2 is 2.00 bits per heavy atom. The highest BCUT2D eigenvalue weighted by molar-refractivity contribution is 6.04. The van der Waals surface area contributed by atoms with Crippen LogP contribution in [0.25, 0.3) is 0 Å². The molecule has 1 saturated carbocycles. The number of benzene rings is 1. The van der Waals surface area contributed by atoms with Crippen molar-refractivity contribution in [2.24, 2.45) is 17.6 Å². The standard InChI is InChI=1S/C24H36N4O4/c1-15(2)32-24(30)27-12-16(3)28(23(29)18-4-5-18)21-7-6-19(8-22(21)27)20(9-25)11-26-10-17-13-31-14-17/h6-8,15-18,20,26H,4-5,9-14,25H2,1-3H3/t16-,20?/m0/s1. The zero-order chi connectivity index (χ0) is 22.8. The predicted molar refractivity (Wildman–Crippen MR) is 124 cm³/mol. The summed E-state index contributed by atoms with van der Waals surface area (Å²) in [5.41, 5.74) is 8.68. The van der Waals surface area contributed by atoms with Crippen molar-refractivity contribution in [2.45, 2.75) is 51.7 Å². The van der Waals surface area contributed by atoms with Gasteiger partial charge in [0, 0.05) is 43.9 Å².